The zero-order chi connectivity index (χ0) is 25.1. The van der Waals surface area contributed by atoms with E-state index in [1.807, 2.05) is 91.0 Å². The van der Waals surface area contributed by atoms with Crippen molar-refractivity contribution in [2.24, 2.45) is 0 Å². The topological polar surface area (TPSA) is 44.7 Å². The van der Waals surface area contributed by atoms with Crippen LogP contribution in [0.5, 0.6) is 11.5 Å². The minimum Gasteiger partial charge on any atom is -0.497 e. The van der Waals surface area contributed by atoms with E-state index < -0.39 is 0 Å². The summed E-state index contributed by atoms with van der Waals surface area (Å²) in [5, 5.41) is 1.85. The van der Waals surface area contributed by atoms with Crippen LogP contribution in [-0.2, 0) is 0 Å². The first-order valence-electron chi connectivity index (χ1n) is 11.2. The third-order valence-corrected chi connectivity index (χ3v) is 6.22. The van der Waals surface area contributed by atoms with Crippen molar-refractivity contribution in [2.45, 2.75) is 0 Å². The SMILES string of the molecule is COc1ccc(/C=C/c2cc(=S)oc3cc4oc(=S)cc(/C=C/c5ccc(OC)cc5)c4cc23)cc1. The summed E-state index contributed by atoms with van der Waals surface area (Å²) in [6.45, 7) is 0. The van der Waals surface area contributed by atoms with Gasteiger partial charge in [0.2, 0.25) is 0 Å². The third-order valence-electron chi connectivity index (χ3n) is 5.81. The number of fused-ring (bicyclic) bond motifs is 2. The molecule has 2 heterocycles. The highest BCUT2D eigenvalue weighted by atomic mass is 32.1. The first-order valence-corrected chi connectivity index (χ1v) is 12.0. The van der Waals surface area contributed by atoms with Crippen LogP contribution in [0.4, 0.5) is 0 Å². The molecule has 36 heavy (non-hydrogen) atoms. The first-order chi connectivity index (χ1) is 17.5. The van der Waals surface area contributed by atoms with E-state index in [9.17, 15) is 0 Å². The lowest BCUT2D eigenvalue weighted by atomic mass is 10.0. The number of ether oxygens (including phenoxy) is 2. The minimum atomic E-state index is 0.394. The lowest BCUT2D eigenvalue weighted by molar-refractivity contribution is 0.414. The summed E-state index contributed by atoms with van der Waals surface area (Å²) in [5.74, 6) is 1.63. The third kappa shape index (κ3) is 5.15. The van der Waals surface area contributed by atoms with Crippen molar-refractivity contribution < 1.29 is 18.3 Å². The molecule has 3 aromatic carbocycles. The van der Waals surface area contributed by atoms with Crippen molar-refractivity contribution in [3.8, 4) is 11.5 Å². The Balaban J connectivity index is 1.60. The second kappa shape index (κ2) is 10.3. The van der Waals surface area contributed by atoms with Gasteiger partial charge >= 0.3 is 0 Å². The standard InChI is InChI=1S/C30H22O4S2/c1-31-23-11-5-19(6-12-23)3-9-21-15-29(35)33-27-18-28-26(17-25(21)27)22(16-30(36)34-28)10-4-20-7-13-24(32-2)14-8-20/h3-18H,1-2H3/b9-3+,10-4+. The van der Waals surface area contributed by atoms with E-state index in [-0.39, 0.29) is 0 Å². The Labute approximate surface area is 218 Å². The second-order valence-corrected chi connectivity index (χ2v) is 8.90. The normalized spacial score (nSPS) is 11.6. The minimum absolute atomic E-state index is 0.394. The average molecular weight is 511 g/mol. The maximum absolute atomic E-state index is 5.86. The van der Waals surface area contributed by atoms with E-state index in [4.69, 9.17) is 42.7 Å². The van der Waals surface area contributed by atoms with Crippen LogP contribution in [0.15, 0.2) is 81.6 Å². The Morgan fingerprint density at radius 1 is 0.556 bits per heavy atom. The monoisotopic (exact) mass is 510 g/mol. The average Bonchev–Trinajstić information content (AvgIpc) is 2.89. The lowest BCUT2D eigenvalue weighted by Crippen LogP contribution is -1.85. The van der Waals surface area contributed by atoms with E-state index >= 15 is 0 Å². The molecule has 0 amide bonds. The highest BCUT2D eigenvalue weighted by Gasteiger charge is 2.09. The highest BCUT2D eigenvalue weighted by molar-refractivity contribution is 7.71. The summed E-state index contributed by atoms with van der Waals surface area (Å²) in [6, 6.07) is 23.3. The molecule has 0 saturated carbocycles. The van der Waals surface area contributed by atoms with Crippen LogP contribution in [0, 0.1) is 9.41 Å². The molecule has 0 radical (unpaired) electrons. The van der Waals surface area contributed by atoms with Gasteiger partial charge in [-0.25, -0.2) is 0 Å². The molecular weight excluding hydrogens is 488 g/mol. The van der Waals surface area contributed by atoms with Gasteiger partial charge in [0.25, 0.3) is 0 Å². The number of rotatable bonds is 6. The molecule has 0 saturated heterocycles. The maximum atomic E-state index is 5.86. The van der Waals surface area contributed by atoms with E-state index in [1.54, 1.807) is 14.2 Å². The molecular formula is C30H22O4S2. The maximum Gasteiger partial charge on any atom is 0.191 e. The van der Waals surface area contributed by atoms with Gasteiger partial charge in [-0.15, -0.1) is 0 Å². The van der Waals surface area contributed by atoms with Crippen molar-refractivity contribution in [1.82, 2.24) is 0 Å². The molecule has 5 aromatic rings. The van der Waals surface area contributed by atoms with Crippen molar-refractivity contribution >= 4 is 70.7 Å². The Bertz CT molecular complexity index is 1600. The molecule has 0 aliphatic heterocycles. The smallest absolute Gasteiger partial charge is 0.191 e. The van der Waals surface area contributed by atoms with Crippen molar-refractivity contribution in [3.05, 3.63) is 104 Å². The van der Waals surface area contributed by atoms with Gasteiger partial charge in [-0.05, 0) is 77.0 Å². The van der Waals surface area contributed by atoms with Gasteiger partial charge in [-0.3, -0.25) is 0 Å². The van der Waals surface area contributed by atoms with Gasteiger partial charge in [0.1, 0.15) is 22.7 Å². The van der Waals surface area contributed by atoms with Crippen molar-refractivity contribution in [2.75, 3.05) is 14.2 Å². The zero-order valence-corrected chi connectivity index (χ0v) is 21.3. The van der Waals surface area contributed by atoms with Gasteiger partial charge in [0, 0.05) is 29.0 Å². The Kier molecular flexibility index (Phi) is 6.80. The molecule has 4 nitrogen and oxygen atoms in total. The molecule has 0 bridgehead atoms. The second-order valence-electron chi connectivity index (χ2n) is 8.10. The Morgan fingerprint density at radius 3 is 1.36 bits per heavy atom. The van der Waals surface area contributed by atoms with Gasteiger partial charge in [0.15, 0.2) is 9.41 Å². The first kappa shape index (κ1) is 23.7. The largest absolute Gasteiger partial charge is 0.497 e. The molecule has 0 unspecified atom stereocenters. The van der Waals surface area contributed by atoms with E-state index in [2.05, 4.69) is 6.07 Å². The van der Waals surface area contributed by atoms with Crippen molar-refractivity contribution in [3.63, 3.8) is 0 Å². The number of methoxy groups -OCH3 is 2. The summed E-state index contributed by atoms with van der Waals surface area (Å²) < 4.78 is 23.0. The van der Waals surface area contributed by atoms with Gasteiger partial charge in [-0.2, -0.15) is 0 Å². The van der Waals surface area contributed by atoms with Crippen LogP contribution in [-0.4, -0.2) is 14.2 Å². The Morgan fingerprint density at radius 2 is 0.972 bits per heavy atom. The molecule has 0 spiro atoms. The molecule has 0 aliphatic rings. The van der Waals surface area contributed by atoms with Gasteiger partial charge in [0.05, 0.1) is 14.2 Å². The lowest BCUT2D eigenvalue weighted by Gasteiger charge is -2.07. The van der Waals surface area contributed by atoms with E-state index in [0.29, 0.717) is 20.6 Å². The quantitative estimate of drug-likeness (QED) is 0.168. The summed E-state index contributed by atoms with van der Waals surface area (Å²) in [5.41, 5.74) is 5.27. The summed E-state index contributed by atoms with van der Waals surface area (Å²) in [7, 11) is 3.31. The summed E-state index contributed by atoms with van der Waals surface area (Å²) in [4.78, 5) is 0. The van der Waals surface area contributed by atoms with Crippen LogP contribution in [0.25, 0.3) is 46.2 Å². The van der Waals surface area contributed by atoms with Crippen molar-refractivity contribution in [1.29, 1.82) is 0 Å². The summed E-state index contributed by atoms with van der Waals surface area (Å²) in [6.07, 6.45) is 8.14. The van der Waals surface area contributed by atoms with Crippen LogP contribution < -0.4 is 9.47 Å². The highest BCUT2D eigenvalue weighted by Crippen LogP contribution is 2.31. The van der Waals surface area contributed by atoms with E-state index in [1.165, 1.54) is 0 Å². The molecule has 6 heteroatoms. The van der Waals surface area contributed by atoms with Gasteiger partial charge in [-0.1, -0.05) is 48.6 Å². The Hall–Kier alpha value is -4.00. The zero-order valence-electron chi connectivity index (χ0n) is 19.7. The number of hydrogen-bond acceptors (Lipinski definition) is 6. The number of hydrogen-bond donors (Lipinski definition) is 0. The fourth-order valence-electron chi connectivity index (χ4n) is 3.94. The fourth-order valence-corrected chi connectivity index (χ4v) is 4.38. The molecule has 0 aliphatic carbocycles. The van der Waals surface area contributed by atoms with Crippen LogP contribution in [0.3, 0.4) is 0 Å². The predicted octanol–water partition coefficient (Wildman–Crippen LogP) is 9.00. The molecule has 5 rings (SSSR count). The van der Waals surface area contributed by atoms with Gasteiger partial charge < -0.3 is 18.3 Å². The van der Waals surface area contributed by atoms with Crippen LogP contribution in [0.1, 0.15) is 22.3 Å². The number of benzene rings is 3. The fraction of sp³-hybridized carbons (Fsp3) is 0.0667. The van der Waals surface area contributed by atoms with E-state index in [0.717, 1.165) is 44.5 Å². The molecule has 178 valence electrons. The molecule has 0 fully saturated rings. The molecule has 2 aromatic heterocycles. The predicted molar refractivity (Wildman–Crippen MR) is 151 cm³/mol. The molecule has 0 N–H and O–H groups in total. The van der Waals surface area contributed by atoms with Crippen LogP contribution in [0.2, 0.25) is 0 Å². The van der Waals surface area contributed by atoms with Crippen LogP contribution >= 0.6 is 24.4 Å². The summed E-state index contributed by atoms with van der Waals surface area (Å²) >= 11 is 10.8. The molecule has 0 atom stereocenters.